The van der Waals surface area contributed by atoms with Gasteiger partial charge in [0.05, 0.1) is 0 Å². The number of phenols is 1. The fraction of sp³-hybridized carbons (Fsp3) is 0.533. The molecule has 112 valence electrons. The number of benzene rings is 1. The van der Waals surface area contributed by atoms with Gasteiger partial charge in [-0.2, -0.15) is 0 Å². The SMILES string of the molecule is CCCCOC(C)OC(C)OC(=O)c1ccccc1O. The summed E-state index contributed by atoms with van der Waals surface area (Å²) >= 11 is 0. The Balaban J connectivity index is 2.40. The van der Waals surface area contributed by atoms with E-state index in [1.807, 2.05) is 0 Å². The van der Waals surface area contributed by atoms with Gasteiger partial charge < -0.3 is 19.3 Å². The Morgan fingerprint density at radius 1 is 1.25 bits per heavy atom. The van der Waals surface area contributed by atoms with Crippen LogP contribution in [0.4, 0.5) is 0 Å². The van der Waals surface area contributed by atoms with Crippen LogP contribution in [-0.4, -0.2) is 30.3 Å². The first-order chi connectivity index (χ1) is 9.54. The molecule has 0 saturated heterocycles. The molecule has 5 nitrogen and oxygen atoms in total. The first-order valence-corrected chi connectivity index (χ1v) is 6.80. The van der Waals surface area contributed by atoms with Crippen molar-refractivity contribution in [3.63, 3.8) is 0 Å². The third kappa shape index (κ3) is 5.59. The van der Waals surface area contributed by atoms with Crippen LogP contribution in [0.15, 0.2) is 24.3 Å². The van der Waals surface area contributed by atoms with Crippen molar-refractivity contribution in [2.75, 3.05) is 6.61 Å². The largest absolute Gasteiger partial charge is 0.507 e. The Morgan fingerprint density at radius 2 is 1.95 bits per heavy atom. The lowest BCUT2D eigenvalue weighted by Crippen LogP contribution is -2.25. The van der Waals surface area contributed by atoms with Gasteiger partial charge in [-0.25, -0.2) is 4.79 Å². The molecule has 0 amide bonds. The monoisotopic (exact) mass is 282 g/mol. The Kier molecular flexibility index (Phi) is 7.04. The van der Waals surface area contributed by atoms with E-state index in [1.54, 1.807) is 26.0 Å². The fourth-order valence-corrected chi connectivity index (χ4v) is 1.59. The van der Waals surface area contributed by atoms with Gasteiger partial charge in [-0.3, -0.25) is 0 Å². The maximum absolute atomic E-state index is 11.8. The van der Waals surface area contributed by atoms with Crippen molar-refractivity contribution in [1.29, 1.82) is 0 Å². The summed E-state index contributed by atoms with van der Waals surface area (Å²) in [6.07, 6.45) is 0.803. The van der Waals surface area contributed by atoms with Gasteiger partial charge in [0.25, 0.3) is 0 Å². The number of hydrogen-bond donors (Lipinski definition) is 1. The van der Waals surface area contributed by atoms with Crippen LogP contribution in [0, 0.1) is 0 Å². The van der Waals surface area contributed by atoms with Gasteiger partial charge in [-0.05, 0) is 32.4 Å². The van der Waals surface area contributed by atoms with Crippen molar-refractivity contribution in [2.24, 2.45) is 0 Å². The highest BCUT2D eigenvalue weighted by molar-refractivity contribution is 5.92. The number of aromatic hydroxyl groups is 1. The van der Waals surface area contributed by atoms with E-state index in [0.29, 0.717) is 6.61 Å². The normalized spacial score (nSPS) is 13.8. The average molecular weight is 282 g/mol. The summed E-state index contributed by atoms with van der Waals surface area (Å²) in [5.74, 6) is -0.742. The third-order valence-electron chi connectivity index (χ3n) is 2.63. The first-order valence-electron chi connectivity index (χ1n) is 6.80. The quantitative estimate of drug-likeness (QED) is 0.451. The smallest absolute Gasteiger partial charge is 0.344 e. The third-order valence-corrected chi connectivity index (χ3v) is 2.63. The van der Waals surface area contributed by atoms with Gasteiger partial charge >= 0.3 is 5.97 Å². The fourth-order valence-electron chi connectivity index (χ4n) is 1.59. The van der Waals surface area contributed by atoms with E-state index in [4.69, 9.17) is 14.2 Å². The molecule has 0 radical (unpaired) electrons. The first kappa shape index (κ1) is 16.5. The van der Waals surface area contributed by atoms with Gasteiger partial charge in [0.2, 0.25) is 6.29 Å². The van der Waals surface area contributed by atoms with E-state index in [2.05, 4.69) is 6.92 Å². The van der Waals surface area contributed by atoms with Crippen LogP contribution >= 0.6 is 0 Å². The van der Waals surface area contributed by atoms with E-state index < -0.39 is 18.5 Å². The van der Waals surface area contributed by atoms with Crippen LogP contribution < -0.4 is 0 Å². The zero-order valence-corrected chi connectivity index (χ0v) is 12.2. The van der Waals surface area contributed by atoms with E-state index in [1.165, 1.54) is 12.1 Å². The number of phenolic OH excluding ortho intramolecular Hbond substituents is 1. The maximum Gasteiger partial charge on any atom is 0.344 e. The molecule has 0 saturated carbocycles. The summed E-state index contributed by atoms with van der Waals surface area (Å²) in [6, 6.07) is 6.21. The molecule has 2 unspecified atom stereocenters. The van der Waals surface area contributed by atoms with Crippen LogP contribution in [-0.2, 0) is 14.2 Å². The highest BCUT2D eigenvalue weighted by atomic mass is 16.8. The van der Waals surface area contributed by atoms with Gasteiger partial charge in [0, 0.05) is 6.61 Å². The van der Waals surface area contributed by atoms with Crippen molar-refractivity contribution in [3.05, 3.63) is 29.8 Å². The Morgan fingerprint density at radius 3 is 2.60 bits per heavy atom. The van der Waals surface area contributed by atoms with E-state index >= 15 is 0 Å². The minimum Gasteiger partial charge on any atom is -0.507 e. The van der Waals surface area contributed by atoms with Crippen molar-refractivity contribution < 1.29 is 24.1 Å². The molecule has 1 N–H and O–H groups in total. The Labute approximate surface area is 119 Å². The lowest BCUT2D eigenvalue weighted by Gasteiger charge is -2.19. The summed E-state index contributed by atoms with van der Waals surface area (Å²) in [4.78, 5) is 11.8. The second kappa shape index (κ2) is 8.55. The van der Waals surface area contributed by atoms with Crippen molar-refractivity contribution >= 4 is 5.97 Å². The molecule has 2 atom stereocenters. The number of rotatable bonds is 8. The van der Waals surface area contributed by atoms with Crippen LogP contribution in [0.3, 0.4) is 0 Å². The van der Waals surface area contributed by atoms with E-state index in [9.17, 15) is 9.90 Å². The van der Waals surface area contributed by atoms with E-state index in [0.717, 1.165) is 12.8 Å². The summed E-state index contributed by atoms with van der Waals surface area (Å²) in [5.41, 5.74) is 0.113. The maximum atomic E-state index is 11.8. The molecule has 5 heteroatoms. The lowest BCUT2D eigenvalue weighted by molar-refractivity contribution is -0.213. The highest BCUT2D eigenvalue weighted by Crippen LogP contribution is 2.17. The predicted octanol–water partition coefficient (Wildman–Crippen LogP) is 3.07. The van der Waals surface area contributed by atoms with Gasteiger partial charge in [-0.15, -0.1) is 0 Å². The summed E-state index contributed by atoms with van der Waals surface area (Å²) in [7, 11) is 0. The predicted molar refractivity (Wildman–Crippen MR) is 74.4 cm³/mol. The zero-order chi connectivity index (χ0) is 15.0. The molecule has 0 heterocycles. The zero-order valence-electron chi connectivity index (χ0n) is 12.2. The van der Waals surface area contributed by atoms with Crippen molar-refractivity contribution in [2.45, 2.75) is 46.2 Å². The Bertz CT molecular complexity index is 418. The van der Waals surface area contributed by atoms with Gasteiger partial charge in [-0.1, -0.05) is 25.5 Å². The molecule has 1 aromatic rings. The molecule has 0 bridgehead atoms. The molecular formula is C15H22O5. The van der Waals surface area contributed by atoms with Gasteiger partial charge in [0.15, 0.2) is 6.29 Å². The number of hydrogen-bond acceptors (Lipinski definition) is 5. The molecule has 0 aromatic heterocycles. The summed E-state index contributed by atoms with van der Waals surface area (Å²) in [6.45, 7) is 6.04. The minimum atomic E-state index is -0.751. The minimum absolute atomic E-state index is 0.113. The highest BCUT2D eigenvalue weighted by Gasteiger charge is 2.17. The summed E-state index contributed by atoms with van der Waals surface area (Å²) in [5, 5.41) is 9.55. The van der Waals surface area contributed by atoms with Crippen LogP contribution in [0.2, 0.25) is 0 Å². The molecule has 0 spiro atoms. The van der Waals surface area contributed by atoms with Crippen molar-refractivity contribution in [3.8, 4) is 5.75 Å². The topological polar surface area (TPSA) is 65.0 Å². The molecule has 0 aliphatic heterocycles. The molecule has 0 fully saturated rings. The number of ether oxygens (including phenoxy) is 3. The Hall–Kier alpha value is -1.59. The standard InChI is InChI=1S/C15H22O5/c1-4-5-10-18-11(2)19-12(3)20-15(17)13-8-6-7-9-14(13)16/h6-9,11-12,16H,4-5,10H2,1-3H3. The van der Waals surface area contributed by atoms with E-state index in [-0.39, 0.29) is 11.3 Å². The number of unbranched alkanes of at least 4 members (excludes halogenated alkanes) is 1. The molecule has 1 aromatic carbocycles. The van der Waals surface area contributed by atoms with Crippen molar-refractivity contribution in [1.82, 2.24) is 0 Å². The number of carbonyl (C=O) groups excluding carboxylic acids is 1. The van der Waals surface area contributed by atoms with Gasteiger partial charge in [0.1, 0.15) is 11.3 Å². The molecule has 0 aliphatic carbocycles. The molecule has 20 heavy (non-hydrogen) atoms. The number of esters is 1. The number of para-hydroxylation sites is 1. The van der Waals surface area contributed by atoms with Crippen LogP contribution in [0.5, 0.6) is 5.75 Å². The van der Waals surface area contributed by atoms with Crippen LogP contribution in [0.1, 0.15) is 44.0 Å². The second-order valence-corrected chi connectivity index (χ2v) is 4.42. The second-order valence-electron chi connectivity index (χ2n) is 4.42. The lowest BCUT2D eigenvalue weighted by atomic mass is 10.2. The molecular weight excluding hydrogens is 260 g/mol. The molecule has 0 aliphatic rings. The van der Waals surface area contributed by atoms with Crippen LogP contribution in [0.25, 0.3) is 0 Å². The number of carbonyl (C=O) groups is 1. The molecule has 1 rings (SSSR count). The average Bonchev–Trinajstić information content (AvgIpc) is 2.39. The summed E-state index contributed by atoms with van der Waals surface area (Å²) < 4.78 is 15.9.